The largest absolute Gasteiger partial charge is 0.366 e. The van der Waals surface area contributed by atoms with Crippen molar-refractivity contribution in [2.24, 2.45) is 0 Å². The fraction of sp³-hybridized carbons (Fsp3) is 0.286. The van der Waals surface area contributed by atoms with Crippen LogP contribution < -0.4 is 10.6 Å². The van der Waals surface area contributed by atoms with Crippen LogP contribution in [0.25, 0.3) is 0 Å². The maximum Gasteiger partial charge on any atom is 0.134 e. The van der Waals surface area contributed by atoms with Crippen molar-refractivity contribution >= 4 is 21.7 Å². The van der Waals surface area contributed by atoms with Crippen LogP contribution in [0.2, 0.25) is 0 Å². The van der Waals surface area contributed by atoms with E-state index in [4.69, 9.17) is 0 Å². The Kier molecular flexibility index (Phi) is 3.93. The van der Waals surface area contributed by atoms with Gasteiger partial charge in [0.05, 0.1) is 5.69 Å². The Balaban J connectivity index is 1.80. The topological polar surface area (TPSA) is 49.8 Å². The molecule has 0 bridgehead atoms. The lowest BCUT2D eigenvalue weighted by Crippen LogP contribution is -2.26. The van der Waals surface area contributed by atoms with Gasteiger partial charge in [-0.05, 0) is 18.2 Å². The van der Waals surface area contributed by atoms with Crippen LogP contribution in [-0.2, 0) is 19.5 Å². The smallest absolute Gasteiger partial charge is 0.134 e. The Hall–Kier alpha value is -1.53. The van der Waals surface area contributed by atoms with E-state index in [-0.39, 0.29) is 5.82 Å². The van der Waals surface area contributed by atoms with Gasteiger partial charge in [0.15, 0.2) is 0 Å². The average Bonchev–Trinajstić information content (AvgIpc) is 2.48. The molecule has 0 aliphatic carbocycles. The van der Waals surface area contributed by atoms with Crippen molar-refractivity contribution in [3.05, 3.63) is 51.6 Å². The molecule has 0 saturated carbocycles. The fourth-order valence-corrected chi connectivity index (χ4v) is 2.69. The second-order valence-corrected chi connectivity index (χ2v) is 5.58. The number of nitrogens with one attached hydrogen (secondary N) is 2. The molecule has 2 heterocycles. The molecule has 0 spiro atoms. The molecule has 4 nitrogen and oxygen atoms in total. The minimum Gasteiger partial charge on any atom is -0.366 e. The second-order valence-electron chi connectivity index (χ2n) is 4.66. The SMILES string of the molecule is Fc1ccc(Br)cc1CNc1ncnc2c1CNCC2. The van der Waals surface area contributed by atoms with Crippen LogP contribution >= 0.6 is 15.9 Å². The summed E-state index contributed by atoms with van der Waals surface area (Å²) in [4.78, 5) is 8.56. The molecule has 1 aliphatic rings. The van der Waals surface area contributed by atoms with Gasteiger partial charge in [0.2, 0.25) is 0 Å². The van der Waals surface area contributed by atoms with Gasteiger partial charge in [-0.15, -0.1) is 0 Å². The maximum atomic E-state index is 13.7. The van der Waals surface area contributed by atoms with Crippen molar-refractivity contribution in [1.29, 1.82) is 0 Å². The summed E-state index contributed by atoms with van der Waals surface area (Å²) in [5.41, 5.74) is 2.75. The average molecular weight is 337 g/mol. The van der Waals surface area contributed by atoms with Gasteiger partial charge in [0.1, 0.15) is 18.0 Å². The van der Waals surface area contributed by atoms with E-state index in [0.717, 1.165) is 41.1 Å². The minimum absolute atomic E-state index is 0.221. The van der Waals surface area contributed by atoms with Crippen molar-refractivity contribution in [3.63, 3.8) is 0 Å². The minimum atomic E-state index is -0.221. The third-order valence-corrected chi connectivity index (χ3v) is 3.82. The zero-order valence-electron chi connectivity index (χ0n) is 10.8. The van der Waals surface area contributed by atoms with Gasteiger partial charge in [-0.25, -0.2) is 14.4 Å². The van der Waals surface area contributed by atoms with Crippen LogP contribution in [0.1, 0.15) is 16.8 Å². The van der Waals surface area contributed by atoms with Crippen LogP contribution in [0, 0.1) is 5.82 Å². The molecule has 20 heavy (non-hydrogen) atoms. The van der Waals surface area contributed by atoms with Crippen molar-refractivity contribution < 1.29 is 4.39 Å². The van der Waals surface area contributed by atoms with Gasteiger partial charge in [-0.1, -0.05) is 15.9 Å². The molecular weight excluding hydrogens is 323 g/mol. The summed E-state index contributed by atoms with van der Waals surface area (Å²) in [6, 6.07) is 4.92. The Morgan fingerprint density at radius 1 is 1.35 bits per heavy atom. The van der Waals surface area contributed by atoms with E-state index in [1.807, 2.05) is 0 Å². The highest BCUT2D eigenvalue weighted by Crippen LogP contribution is 2.21. The second kappa shape index (κ2) is 5.85. The van der Waals surface area contributed by atoms with Gasteiger partial charge < -0.3 is 10.6 Å². The number of hydrogen-bond donors (Lipinski definition) is 2. The molecule has 104 valence electrons. The first-order chi connectivity index (χ1) is 9.74. The van der Waals surface area contributed by atoms with E-state index in [1.54, 1.807) is 18.5 Å². The first-order valence-corrected chi connectivity index (χ1v) is 7.24. The monoisotopic (exact) mass is 336 g/mol. The number of nitrogens with zero attached hydrogens (tertiary/aromatic N) is 2. The quantitative estimate of drug-likeness (QED) is 0.904. The summed E-state index contributed by atoms with van der Waals surface area (Å²) < 4.78 is 14.6. The van der Waals surface area contributed by atoms with E-state index >= 15 is 0 Å². The van der Waals surface area contributed by atoms with E-state index in [0.29, 0.717) is 12.1 Å². The van der Waals surface area contributed by atoms with Crippen molar-refractivity contribution in [3.8, 4) is 0 Å². The third kappa shape index (κ3) is 2.81. The number of aromatic nitrogens is 2. The molecule has 1 aliphatic heterocycles. The molecule has 2 N–H and O–H groups in total. The highest BCUT2D eigenvalue weighted by molar-refractivity contribution is 9.10. The summed E-state index contributed by atoms with van der Waals surface area (Å²) in [5.74, 6) is 0.559. The molecule has 0 saturated heterocycles. The highest BCUT2D eigenvalue weighted by Gasteiger charge is 2.15. The molecule has 1 aromatic heterocycles. The predicted molar refractivity (Wildman–Crippen MR) is 78.9 cm³/mol. The van der Waals surface area contributed by atoms with Crippen molar-refractivity contribution in [2.45, 2.75) is 19.5 Å². The molecule has 0 fully saturated rings. The van der Waals surface area contributed by atoms with Crippen molar-refractivity contribution in [2.75, 3.05) is 11.9 Å². The van der Waals surface area contributed by atoms with Crippen LogP contribution in [0.5, 0.6) is 0 Å². The molecule has 0 atom stereocenters. The summed E-state index contributed by atoms with van der Waals surface area (Å²) in [7, 11) is 0. The Labute approximate surface area is 125 Å². The van der Waals surface area contributed by atoms with Gasteiger partial charge >= 0.3 is 0 Å². The Bertz CT molecular complexity index is 633. The zero-order chi connectivity index (χ0) is 13.9. The molecule has 0 unspecified atom stereocenters. The molecule has 1 aromatic carbocycles. The summed E-state index contributed by atoms with van der Waals surface area (Å²) in [6.45, 7) is 2.08. The van der Waals surface area contributed by atoms with E-state index in [9.17, 15) is 4.39 Å². The molecule has 2 aromatic rings. The standard InChI is InChI=1S/C14H14BrFN4/c15-10-1-2-12(16)9(5-10)6-18-14-11-7-17-4-3-13(11)19-8-20-14/h1-2,5,8,17H,3-4,6-7H2,(H,18,19,20). The van der Waals surface area contributed by atoms with Crippen LogP contribution in [-0.4, -0.2) is 16.5 Å². The molecule has 6 heteroatoms. The third-order valence-electron chi connectivity index (χ3n) is 3.33. The molecule has 3 rings (SSSR count). The number of benzene rings is 1. The summed E-state index contributed by atoms with van der Waals surface area (Å²) >= 11 is 3.35. The number of fused-ring (bicyclic) bond motifs is 1. The lowest BCUT2D eigenvalue weighted by atomic mass is 10.1. The zero-order valence-corrected chi connectivity index (χ0v) is 12.4. The van der Waals surface area contributed by atoms with Gasteiger partial charge in [0, 0.05) is 41.7 Å². The lowest BCUT2D eigenvalue weighted by Gasteiger charge is -2.19. The lowest BCUT2D eigenvalue weighted by molar-refractivity contribution is 0.611. The van der Waals surface area contributed by atoms with E-state index in [2.05, 4.69) is 36.5 Å². The fourth-order valence-electron chi connectivity index (χ4n) is 2.28. The summed E-state index contributed by atoms with van der Waals surface area (Å²) in [6.07, 6.45) is 2.46. The van der Waals surface area contributed by atoms with Gasteiger partial charge in [-0.3, -0.25) is 0 Å². The normalized spacial score (nSPS) is 13.9. The number of halogens is 2. The number of hydrogen-bond acceptors (Lipinski definition) is 4. The van der Waals surface area contributed by atoms with Gasteiger partial charge in [-0.2, -0.15) is 0 Å². The predicted octanol–water partition coefficient (Wildman–Crippen LogP) is 2.64. The maximum absolute atomic E-state index is 13.7. The van der Waals surface area contributed by atoms with Crippen LogP contribution in [0.15, 0.2) is 29.0 Å². The number of rotatable bonds is 3. The molecule has 0 amide bonds. The molecular formula is C14H14BrFN4. The van der Waals surface area contributed by atoms with Crippen LogP contribution in [0.4, 0.5) is 10.2 Å². The Morgan fingerprint density at radius 3 is 3.15 bits per heavy atom. The first-order valence-electron chi connectivity index (χ1n) is 6.45. The number of anilines is 1. The van der Waals surface area contributed by atoms with Gasteiger partial charge in [0.25, 0.3) is 0 Å². The van der Waals surface area contributed by atoms with E-state index in [1.165, 1.54) is 6.07 Å². The highest BCUT2D eigenvalue weighted by atomic mass is 79.9. The van der Waals surface area contributed by atoms with Crippen molar-refractivity contribution in [1.82, 2.24) is 15.3 Å². The Morgan fingerprint density at radius 2 is 2.25 bits per heavy atom. The molecule has 0 radical (unpaired) electrons. The van der Waals surface area contributed by atoms with Crippen LogP contribution in [0.3, 0.4) is 0 Å². The first kappa shape index (κ1) is 13.5. The summed E-state index contributed by atoms with van der Waals surface area (Å²) in [5, 5.41) is 6.50. The van der Waals surface area contributed by atoms with E-state index < -0.39 is 0 Å².